The molecule has 7 heteroatoms. The van der Waals surface area contributed by atoms with Gasteiger partial charge in [-0.25, -0.2) is 4.79 Å². The van der Waals surface area contributed by atoms with Gasteiger partial charge in [0.2, 0.25) is 0 Å². The normalized spacial score (nSPS) is 23.8. The number of carbonyl (C=O) groups excluding carboxylic acids is 1. The minimum atomic E-state index is -3.97. The van der Waals surface area contributed by atoms with Crippen LogP contribution in [-0.4, -0.2) is 37.1 Å². The molecule has 0 bridgehead atoms. The van der Waals surface area contributed by atoms with Crippen molar-refractivity contribution in [3.05, 3.63) is 0 Å². The zero-order valence-electron chi connectivity index (χ0n) is 10.6. The molecule has 0 aliphatic carbocycles. The maximum Gasteiger partial charge on any atom is 0.426 e. The predicted octanol–water partition coefficient (Wildman–Crippen LogP) is 1.67. The molecule has 0 spiro atoms. The van der Waals surface area contributed by atoms with Crippen LogP contribution in [0.3, 0.4) is 0 Å². The zero-order chi connectivity index (χ0) is 13.3. The molecule has 1 amide bonds. The van der Waals surface area contributed by atoms with E-state index >= 15 is 0 Å². The van der Waals surface area contributed by atoms with Crippen LogP contribution in [0, 0.1) is 0 Å². The van der Waals surface area contributed by atoms with Gasteiger partial charge in [0.05, 0.1) is 12.6 Å². The highest BCUT2D eigenvalue weighted by Crippen LogP contribution is 2.24. The summed E-state index contributed by atoms with van der Waals surface area (Å²) in [5, 5.41) is 0. The molecule has 1 atom stereocenters. The molecule has 0 aromatic rings. The summed E-state index contributed by atoms with van der Waals surface area (Å²) < 4.78 is 33.6. The summed E-state index contributed by atoms with van der Waals surface area (Å²) in [6.07, 6.45) is 0.467. The zero-order valence-corrected chi connectivity index (χ0v) is 11.4. The van der Waals surface area contributed by atoms with Crippen LogP contribution in [-0.2, 0) is 19.2 Å². The molecule has 1 aliphatic rings. The van der Waals surface area contributed by atoms with Gasteiger partial charge in [0, 0.05) is 0 Å². The molecule has 1 saturated heterocycles. The summed E-state index contributed by atoms with van der Waals surface area (Å²) in [5.41, 5.74) is -0.730. The first-order valence-electron chi connectivity index (χ1n) is 5.59. The Morgan fingerprint density at radius 2 is 2.06 bits per heavy atom. The number of hydrogen-bond acceptors (Lipinski definition) is 5. The fourth-order valence-corrected chi connectivity index (χ4v) is 2.75. The molecule has 0 N–H and O–H groups in total. The van der Waals surface area contributed by atoms with E-state index in [1.54, 1.807) is 20.8 Å². The lowest BCUT2D eigenvalue weighted by atomic mass is 10.2. The lowest BCUT2D eigenvalue weighted by molar-refractivity contribution is 0.0353. The van der Waals surface area contributed by atoms with E-state index in [-0.39, 0.29) is 6.61 Å². The quantitative estimate of drug-likeness (QED) is 0.759. The van der Waals surface area contributed by atoms with E-state index in [2.05, 4.69) is 4.18 Å². The van der Waals surface area contributed by atoms with Crippen molar-refractivity contribution in [2.24, 2.45) is 0 Å². The van der Waals surface area contributed by atoms with Crippen molar-refractivity contribution in [2.45, 2.75) is 52.2 Å². The predicted molar refractivity (Wildman–Crippen MR) is 61.6 cm³/mol. The van der Waals surface area contributed by atoms with E-state index in [9.17, 15) is 13.2 Å². The average molecular weight is 265 g/mol. The van der Waals surface area contributed by atoms with Crippen LogP contribution in [0.4, 0.5) is 4.79 Å². The van der Waals surface area contributed by atoms with Crippen LogP contribution in [0.15, 0.2) is 0 Å². The van der Waals surface area contributed by atoms with Crippen LogP contribution < -0.4 is 0 Å². The number of ether oxygens (including phenoxy) is 1. The number of rotatable bonds is 2. The Kier molecular flexibility index (Phi) is 4.03. The molecule has 100 valence electrons. The Morgan fingerprint density at radius 1 is 1.47 bits per heavy atom. The van der Waals surface area contributed by atoms with Gasteiger partial charge in [0.1, 0.15) is 5.60 Å². The molecule has 1 aliphatic heterocycles. The van der Waals surface area contributed by atoms with Crippen molar-refractivity contribution in [2.75, 3.05) is 6.61 Å². The van der Waals surface area contributed by atoms with E-state index in [0.29, 0.717) is 10.7 Å². The number of carbonyl (C=O) groups is 1. The summed E-state index contributed by atoms with van der Waals surface area (Å²) >= 11 is 0. The average Bonchev–Trinajstić information content (AvgIpc) is 2.39. The first kappa shape index (κ1) is 14.2. The van der Waals surface area contributed by atoms with Gasteiger partial charge in [-0.3, -0.25) is 4.18 Å². The molecule has 0 unspecified atom stereocenters. The number of amides is 1. The first-order valence-corrected chi connectivity index (χ1v) is 6.95. The van der Waals surface area contributed by atoms with Gasteiger partial charge in [-0.05, 0) is 27.2 Å². The van der Waals surface area contributed by atoms with Crippen molar-refractivity contribution in [1.29, 1.82) is 0 Å². The molecule has 1 rings (SSSR count). The van der Waals surface area contributed by atoms with Gasteiger partial charge in [0.15, 0.2) is 0 Å². The highest BCUT2D eigenvalue weighted by atomic mass is 32.2. The summed E-state index contributed by atoms with van der Waals surface area (Å²) in [7, 11) is -3.97. The Hall–Kier alpha value is -0.820. The Labute approximate surface area is 102 Å². The van der Waals surface area contributed by atoms with Crippen LogP contribution in [0.2, 0.25) is 0 Å². The summed E-state index contributed by atoms with van der Waals surface area (Å²) in [5.74, 6) is 0. The Morgan fingerprint density at radius 3 is 2.53 bits per heavy atom. The maximum atomic E-state index is 11.8. The van der Waals surface area contributed by atoms with Crippen molar-refractivity contribution in [3.63, 3.8) is 0 Å². The minimum Gasteiger partial charge on any atom is -0.443 e. The van der Waals surface area contributed by atoms with Gasteiger partial charge in [-0.2, -0.15) is 12.7 Å². The molecule has 6 nitrogen and oxygen atoms in total. The van der Waals surface area contributed by atoms with Crippen molar-refractivity contribution in [1.82, 2.24) is 4.31 Å². The maximum absolute atomic E-state index is 11.8. The van der Waals surface area contributed by atoms with Crippen molar-refractivity contribution in [3.8, 4) is 0 Å². The van der Waals surface area contributed by atoms with Gasteiger partial charge < -0.3 is 4.74 Å². The van der Waals surface area contributed by atoms with E-state index in [4.69, 9.17) is 4.74 Å². The van der Waals surface area contributed by atoms with Gasteiger partial charge >= 0.3 is 16.4 Å². The molecular formula is C10H19NO5S. The number of nitrogens with zero attached hydrogens (tertiary/aromatic N) is 1. The van der Waals surface area contributed by atoms with Crippen LogP contribution in [0.25, 0.3) is 0 Å². The third-order valence-corrected chi connectivity index (χ3v) is 3.54. The number of hydrogen-bond donors (Lipinski definition) is 0. The van der Waals surface area contributed by atoms with Crippen molar-refractivity contribution >= 4 is 16.4 Å². The van der Waals surface area contributed by atoms with E-state index in [0.717, 1.165) is 6.42 Å². The second kappa shape index (κ2) is 4.81. The topological polar surface area (TPSA) is 72.9 Å². The van der Waals surface area contributed by atoms with Gasteiger partial charge in [-0.1, -0.05) is 13.3 Å². The summed E-state index contributed by atoms with van der Waals surface area (Å²) in [6.45, 7) is 6.98. The fourth-order valence-electron chi connectivity index (χ4n) is 1.55. The van der Waals surface area contributed by atoms with Crippen LogP contribution in [0.5, 0.6) is 0 Å². The molecule has 0 radical (unpaired) electrons. The Balaban J connectivity index is 2.87. The first-order chi connectivity index (χ1) is 7.67. The van der Waals surface area contributed by atoms with Gasteiger partial charge in [-0.15, -0.1) is 0 Å². The third-order valence-electron chi connectivity index (χ3n) is 2.18. The smallest absolute Gasteiger partial charge is 0.426 e. The van der Waals surface area contributed by atoms with E-state index in [1.165, 1.54) is 0 Å². The lowest BCUT2D eigenvalue weighted by Crippen LogP contribution is -2.42. The highest BCUT2D eigenvalue weighted by molar-refractivity contribution is 7.85. The van der Waals surface area contributed by atoms with Crippen LogP contribution in [0.1, 0.15) is 40.5 Å². The molecule has 1 fully saturated rings. The SMILES string of the molecule is CCC[C@@H]1COS(=O)(=O)N1C(=O)OC(C)(C)C. The standard InChI is InChI=1S/C10H19NO5S/c1-5-6-8-7-15-17(13,14)11(8)9(12)16-10(2,3)4/h8H,5-7H2,1-4H3/t8-/m1/s1. The van der Waals surface area contributed by atoms with Crippen LogP contribution >= 0.6 is 0 Å². The molecule has 0 saturated carbocycles. The minimum absolute atomic E-state index is 0.00934. The third kappa shape index (κ3) is 3.57. The molecule has 0 aromatic carbocycles. The fraction of sp³-hybridized carbons (Fsp3) is 0.900. The second-order valence-electron chi connectivity index (χ2n) is 4.96. The second-order valence-corrected chi connectivity index (χ2v) is 6.45. The Bertz CT molecular complexity index is 384. The molecule has 17 heavy (non-hydrogen) atoms. The monoisotopic (exact) mass is 265 g/mol. The lowest BCUT2D eigenvalue weighted by Gasteiger charge is -2.25. The molecule has 0 aromatic heterocycles. The highest BCUT2D eigenvalue weighted by Gasteiger charge is 2.44. The summed E-state index contributed by atoms with van der Waals surface area (Å²) in [6, 6.07) is -0.458. The summed E-state index contributed by atoms with van der Waals surface area (Å²) in [4.78, 5) is 11.8. The van der Waals surface area contributed by atoms with Gasteiger partial charge in [0.25, 0.3) is 0 Å². The largest absolute Gasteiger partial charge is 0.443 e. The molecule has 1 heterocycles. The van der Waals surface area contributed by atoms with Crippen molar-refractivity contribution < 1.29 is 22.1 Å². The van der Waals surface area contributed by atoms with E-state index < -0.39 is 28.0 Å². The molecular weight excluding hydrogens is 246 g/mol. The van der Waals surface area contributed by atoms with E-state index in [1.807, 2.05) is 6.92 Å².